The second-order valence-corrected chi connectivity index (χ2v) is 6.85. The molecule has 1 aromatic carbocycles. The lowest BCUT2D eigenvalue weighted by Crippen LogP contribution is -2.31. The highest BCUT2D eigenvalue weighted by Gasteiger charge is 2.24. The Hall–Kier alpha value is -3.80. The summed E-state index contributed by atoms with van der Waals surface area (Å²) in [5.41, 5.74) is 1.66. The highest BCUT2D eigenvalue weighted by Crippen LogP contribution is 2.34. The first kappa shape index (κ1) is 18.6. The van der Waals surface area contributed by atoms with Gasteiger partial charge in [0.15, 0.2) is 0 Å². The van der Waals surface area contributed by atoms with E-state index in [1.54, 1.807) is 24.5 Å². The Morgan fingerprint density at radius 3 is 2.93 bits per heavy atom. The molecule has 146 valence electrons. The fourth-order valence-corrected chi connectivity index (χ4v) is 2.82. The van der Waals surface area contributed by atoms with Crippen LogP contribution in [0.4, 0.5) is 16.0 Å². The Morgan fingerprint density at radius 1 is 1.38 bits per heavy atom. The van der Waals surface area contributed by atoms with E-state index in [0.717, 1.165) is 18.5 Å². The van der Waals surface area contributed by atoms with E-state index in [-0.39, 0.29) is 5.56 Å². The summed E-state index contributed by atoms with van der Waals surface area (Å²) in [7, 11) is 0. The largest absolute Gasteiger partial charge is 0.336 e. The minimum absolute atomic E-state index is 0.129. The van der Waals surface area contributed by atoms with Crippen LogP contribution in [0.1, 0.15) is 36.2 Å². The fourth-order valence-electron chi connectivity index (χ4n) is 2.82. The molecule has 1 saturated carbocycles. The van der Waals surface area contributed by atoms with Gasteiger partial charge in [-0.25, -0.2) is 14.4 Å². The van der Waals surface area contributed by atoms with Crippen molar-refractivity contribution in [2.45, 2.75) is 31.8 Å². The number of nitrogens with zero attached hydrogens (tertiary/aromatic N) is 5. The molecule has 1 aliphatic rings. The zero-order chi connectivity index (χ0) is 20.4. The number of amides is 1. The molecule has 1 fully saturated rings. The van der Waals surface area contributed by atoms with E-state index in [2.05, 4.69) is 25.7 Å². The SMILES string of the molecule is C[C@@H](C#N)NC(=O)c1ccc(-c2ccnc(Nc3cnn(C4CC4)c3)n2)cc1F. The molecule has 1 amide bonds. The number of nitriles is 1. The van der Waals surface area contributed by atoms with E-state index in [0.29, 0.717) is 23.2 Å². The molecule has 0 unspecified atom stereocenters. The van der Waals surface area contributed by atoms with Gasteiger partial charge in [-0.05, 0) is 38.0 Å². The van der Waals surface area contributed by atoms with Crippen LogP contribution in [0.3, 0.4) is 0 Å². The zero-order valence-electron chi connectivity index (χ0n) is 15.6. The maximum absolute atomic E-state index is 14.5. The monoisotopic (exact) mass is 391 g/mol. The molecule has 9 heteroatoms. The standard InChI is InChI=1S/C20H18FN7O/c1-12(9-22)25-19(29)16-5-2-13(8-17(16)21)18-6-7-23-20(27-18)26-14-10-24-28(11-14)15-3-4-15/h2,5-8,10-12,15H,3-4H2,1H3,(H,25,29)(H,23,26,27)/t12-/m0/s1. The molecule has 1 atom stereocenters. The first-order valence-electron chi connectivity index (χ1n) is 9.18. The zero-order valence-corrected chi connectivity index (χ0v) is 15.6. The number of carbonyl (C=O) groups is 1. The van der Waals surface area contributed by atoms with Gasteiger partial charge in [-0.1, -0.05) is 6.07 Å². The van der Waals surface area contributed by atoms with Crippen LogP contribution in [-0.4, -0.2) is 31.7 Å². The first-order valence-corrected chi connectivity index (χ1v) is 9.18. The van der Waals surface area contributed by atoms with E-state index in [1.165, 1.54) is 19.1 Å². The van der Waals surface area contributed by atoms with Crippen LogP contribution in [0.5, 0.6) is 0 Å². The summed E-state index contributed by atoms with van der Waals surface area (Å²) in [4.78, 5) is 20.7. The van der Waals surface area contributed by atoms with Crippen LogP contribution in [0, 0.1) is 17.1 Å². The number of nitrogens with one attached hydrogen (secondary N) is 2. The van der Waals surface area contributed by atoms with Crippen LogP contribution in [0.25, 0.3) is 11.3 Å². The number of hydrogen-bond donors (Lipinski definition) is 2. The van der Waals surface area contributed by atoms with Gasteiger partial charge in [-0.15, -0.1) is 0 Å². The summed E-state index contributed by atoms with van der Waals surface area (Å²) < 4.78 is 16.4. The maximum atomic E-state index is 14.5. The van der Waals surface area contributed by atoms with Crippen LogP contribution in [0.2, 0.25) is 0 Å². The molecule has 0 spiro atoms. The van der Waals surface area contributed by atoms with E-state index < -0.39 is 17.8 Å². The Labute approximate surface area is 166 Å². The van der Waals surface area contributed by atoms with Crippen molar-refractivity contribution < 1.29 is 9.18 Å². The number of hydrogen-bond acceptors (Lipinski definition) is 6. The molecule has 4 rings (SSSR count). The van der Waals surface area contributed by atoms with Crippen molar-refractivity contribution in [2.75, 3.05) is 5.32 Å². The molecule has 0 saturated heterocycles. The van der Waals surface area contributed by atoms with Crippen LogP contribution >= 0.6 is 0 Å². The first-order chi connectivity index (χ1) is 14.0. The van der Waals surface area contributed by atoms with Crippen molar-refractivity contribution in [3.8, 4) is 17.3 Å². The van der Waals surface area contributed by atoms with E-state index in [4.69, 9.17) is 5.26 Å². The molecule has 29 heavy (non-hydrogen) atoms. The minimum atomic E-state index is -0.707. The van der Waals surface area contributed by atoms with Crippen LogP contribution < -0.4 is 10.6 Å². The van der Waals surface area contributed by atoms with Gasteiger partial charge in [0.2, 0.25) is 5.95 Å². The lowest BCUT2D eigenvalue weighted by Gasteiger charge is -2.09. The summed E-state index contributed by atoms with van der Waals surface area (Å²) in [6.45, 7) is 1.52. The van der Waals surface area contributed by atoms with Gasteiger partial charge in [-0.3, -0.25) is 9.48 Å². The number of rotatable bonds is 6. The molecule has 8 nitrogen and oxygen atoms in total. The molecular weight excluding hydrogens is 373 g/mol. The quantitative estimate of drug-likeness (QED) is 0.668. The molecule has 2 heterocycles. The number of carbonyl (C=O) groups excluding carboxylic acids is 1. The Kier molecular flexibility index (Phi) is 4.91. The third-order valence-electron chi connectivity index (χ3n) is 4.48. The van der Waals surface area contributed by atoms with Crippen molar-refractivity contribution >= 4 is 17.5 Å². The number of benzene rings is 1. The van der Waals surface area contributed by atoms with Crippen molar-refractivity contribution in [1.82, 2.24) is 25.1 Å². The second-order valence-electron chi connectivity index (χ2n) is 6.85. The molecule has 0 aliphatic heterocycles. The molecule has 0 bridgehead atoms. The topological polar surface area (TPSA) is 109 Å². The Morgan fingerprint density at radius 2 is 2.21 bits per heavy atom. The van der Waals surface area contributed by atoms with Crippen molar-refractivity contribution in [1.29, 1.82) is 5.26 Å². The lowest BCUT2D eigenvalue weighted by atomic mass is 10.1. The van der Waals surface area contributed by atoms with Gasteiger partial charge in [-0.2, -0.15) is 10.4 Å². The number of anilines is 2. The van der Waals surface area contributed by atoms with E-state index in [9.17, 15) is 9.18 Å². The normalized spacial score (nSPS) is 14.1. The minimum Gasteiger partial charge on any atom is -0.336 e. The summed E-state index contributed by atoms with van der Waals surface area (Å²) in [6.07, 6.45) is 7.47. The average Bonchev–Trinajstić information content (AvgIpc) is 3.47. The van der Waals surface area contributed by atoms with Crippen molar-refractivity contribution in [3.63, 3.8) is 0 Å². The Bertz CT molecular complexity index is 1100. The van der Waals surface area contributed by atoms with Gasteiger partial charge in [0, 0.05) is 18.0 Å². The lowest BCUT2D eigenvalue weighted by molar-refractivity contribution is 0.0944. The van der Waals surface area contributed by atoms with Gasteiger partial charge < -0.3 is 10.6 Å². The molecular formula is C20H18FN7O. The van der Waals surface area contributed by atoms with Crippen molar-refractivity contribution in [2.24, 2.45) is 0 Å². The van der Waals surface area contributed by atoms with Crippen LogP contribution in [0.15, 0.2) is 42.9 Å². The maximum Gasteiger partial charge on any atom is 0.255 e. The molecule has 1 aliphatic carbocycles. The molecule has 2 aromatic heterocycles. The highest BCUT2D eigenvalue weighted by atomic mass is 19.1. The van der Waals surface area contributed by atoms with E-state index >= 15 is 0 Å². The van der Waals surface area contributed by atoms with E-state index in [1.807, 2.05) is 16.9 Å². The van der Waals surface area contributed by atoms with Gasteiger partial charge in [0.25, 0.3) is 5.91 Å². The van der Waals surface area contributed by atoms with Gasteiger partial charge in [0.1, 0.15) is 11.9 Å². The summed E-state index contributed by atoms with van der Waals surface area (Å²) in [5.74, 6) is -0.965. The molecule has 0 radical (unpaired) electrons. The summed E-state index contributed by atoms with van der Waals surface area (Å²) in [6, 6.07) is 7.52. The van der Waals surface area contributed by atoms with Crippen LogP contribution in [-0.2, 0) is 0 Å². The predicted octanol–water partition coefficient (Wildman–Crippen LogP) is 3.20. The van der Waals surface area contributed by atoms with Gasteiger partial charge >= 0.3 is 0 Å². The number of aromatic nitrogens is 4. The molecule has 2 N–H and O–H groups in total. The molecule has 3 aromatic rings. The van der Waals surface area contributed by atoms with Crippen molar-refractivity contribution in [3.05, 3.63) is 54.2 Å². The summed E-state index contributed by atoms with van der Waals surface area (Å²) >= 11 is 0. The highest BCUT2D eigenvalue weighted by molar-refractivity contribution is 5.95. The van der Waals surface area contributed by atoms with Gasteiger partial charge in [0.05, 0.1) is 35.3 Å². The number of halogens is 1. The fraction of sp³-hybridized carbons (Fsp3) is 0.250. The smallest absolute Gasteiger partial charge is 0.255 e. The average molecular weight is 391 g/mol. The Balaban J connectivity index is 1.52. The summed E-state index contributed by atoms with van der Waals surface area (Å²) in [5, 5.41) is 18.6. The predicted molar refractivity (Wildman–Crippen MR) is 104 cm³/mol. The third-order valence-corrected chi connectivity index (χ3v) is 4.48. The second kappa shape index (κ2) is 7.67. The third kappa shape index (κ3) is 4.21.